The highest BCUT2D eigenvalue weighted by Crippen LogP contribution is 2.29. The van der Waals surface area contributed by atoms with Crippen molar-refractivity contribution in [1.29, 1.82) is 0 Å². The van der Waals surface area contributed by atoms with Crippen molar-refractivity contribution in [2.45, 2.75) is 13.3 Å². The molecule has 1 aromatic heterocycles. The molecule has 0 amide bonds. The molecule has 1 rings (SSSR count). The summed E-state index contributed by atoms with van der Waals surface area (Å²) in [5.74, 6) is -0.244. The van der Waals surface area contributed by atoms with Gasteiger partial charge in [-0.1, -0.05) is 6.92 Å². The zero-order valence-corrected chi connectivity index (χ0v) is 9.56. The molecule has 0 saturated heterocycles. The predicted octanol–water partition coefficient (Wildman–Crippen LogP) is 1.36. The number of carboxylic acid groups (broad SMARTS) is 1. The SMILES string of the molecule is COc1cncc(OC)c1CC(C)C(=O)O. The smallest absolute Gasteiger partial charge is 0.306 e. The predicted molar refractivity (Wildman–Crippen MR) is 57.8 cm³/mol. The normalized spacial score (nSPS) is 11.9. The van der Waals surface area contributed by atoms with Crippen molar-refractivity contribution in [2.24, 2.45) is 5.92 Å². The Morgan fingerprint density at radius 3 is 2.25 bits per heavy atom. The third kappa shape index (κ3) is 2.62. The van der Waals surface area contributed by atoms with E-state index in [1.807, 2.05) is 0 Å². The lowest BCUT2D eigenvalue weighted by Gasteiger charge is -2.13. The van der Waals surface area contributed by atoms with E-state index >= 15 is 0 Å². The van der Waals surface area contributed by atoms with Crippen molar-refractivity contribution < 1.29 is 19.4 Å². The Bertz CT molecular complexity index is 356. The van der Waals surface area contributed by atoms with Crippen molar-refractivity contribution >= 4 is 5.97 Å². The van der Waals surface area contributed by atoms with Gasteiger partial charge in [-0.2, -0.15) is 0 Å². The second-order valence-electron chi connectivity index (χ2n) is 3.47. The van der Waals surface area contributed by atoms with Crippen LogP contribution in [0.25, 0.3) is 0 Å². The van der Waals surface area contributed by atoms with E-state index in [1.165, 1.54) is 14.2 Å². The van der Waals surface area contributed by atoms with Crippen LogP contribution in [0.15, 0.2) is 12.4 Å². The van der Waals surface area contributed by atoms with E-state index < -0.39 is 11.9 Å². The van der Waals surface area contributed by atoms with Gasteiger partial charge in [0.05, 0.1) is 32.5 Å². The van der Waals surface area contributed by atoms with Gasteiger partial charge in [0, 0.05) is 5.56 Å². The number of nitrogens with zero attached hydrogens (tertiary/aromatic N) is 1. The van der Waals surface area contributed by atoms with Gasteiger partial charge in [0.25, 0.3) is 0 Å². The molecule has 0 saturated carbocycles. The molecule has 1 N–H and O–H groups in total. The van der Waals surface area contributed by atoms with Gasteiger partial charge in [-0.15, -0.1) is 0 Å². The minimum atomic E-state index is -0.846. The maximum Gasteiger partial charge on any atom is 0.306 e. The van der Waals surface area contributed by atoms with Crippen molar-refractivity contribution in [3.05, 3.63) is 18.0 Å². The van der Waals surface area contributed by atoms with Crippen molar-refractivity contribution in [2.75, 3.05) is 14.2 Å². The molecule has 0 aliphatic carbocycles. The number of aromatic nitrogens is 1. The average Bonchev–Trinajstić information content (AvgIpc) is 2.29. The van der Waals surface area contributed by atoms with E-state index in [0.29, 0.717) is 17.9 Å². The number of hydrogen-bond acceptors (Lipinski definition) is 4. The highest BCUT2D eigenvalue weighted by atomic mass is 16.5. The molecular formula is C11H15NO4. The first-order valence-electron chi connectivity index (χ1n) is 4.87. The highest BCUT2D eigenvalue weighted by Gasteiger charge is 2.18. The Balaban J connectivity index is 3.04. The highest BCUT2D eigenvalue weighted by molar-refractivity contribution is 5.70. The summed E-state index contributed by atoms with van der Waals surface area (Å²) in [6, 6.07) is 0. The van der Waals surface area contributed by atoms with Crippen LogP contribution in [0, 0.1) is 5.92 Å². The minimum absolute atomic E-state index is 0.351. The zero-order chi connectivity index (χ0) is 12.1. The number of carbonyl (C=O) groups is 1. The first-order valence-corrected chi connectivity index (χ1v) is 4.87. The summed E-state index contributed by atoms with van der Waals surface area (Å²) in [5.41, 5.74) is 0.731. The third-order valence-corrected chi connectivity index (χ3v) is 2.35. The fraction of sp³-hybridized carbons (Fsp3) is 0.455. The van der Waals surface area contributed by atoms with Gasteiger partial charge in [-0.3, -0.25) is 9.78 Å². The van der Waals surface area contributed by atoms with Crippen LogP contribution in [0.4, 0.5) is 0 Å². The lowest BCUT2D eigenvalue weighted by Crippen LogP contribution is -2.13. The van der Waals surface area contributed by atoms with Gasteiger partial charge in [0.1, 0.15) is 11.5 Å². The number of methoxy groups -OCH3 is 2. The topological polar surface area (TPSA) is 68.7 Å². The Kier molecular flexibility index (Phi) is 4.10. The zero-order valence-electron chi connectivity index (χ0n) is 9.56. The fourth-order valence-corrected chi connectivity index (χ4v) is 1.40. The Hall–Kier alpha value is -1.78. The van der Waals surface area contributed by atoms with Crippen LogP contribution >= 0.6 is 0 Å². The summed E-state index contributed by atoms with van der Waals surface area (Å²) in [6.45, 7) is 1.64. The minimum Gasteiger partial charge on any atom is -0.495 e. The molecule has 0 aliphatic heterocycles. The average molecular weight is 225 g/mol. The summed E-state index contributed by atoms with van der Waals surface area (Å²) in [7, 11) is 3.04. The third-order valence-electron chi connectivity index (χ3n) is 2.35. The summed E-state index contributed by atoms with van der Waals surface area (Å²) in [5, 5.41) is 8.87. The van der Waals surface area contributed by atoms with E-state index in [1.54, 1.807) is 19.3 Å². The number of hydrogen-bond donors (Lipinski definition) is 1. The van der Waals surface area contributed by atoms with E-state index in [0.717, 1.165) is 5.56 Å². The standard InChI is InChI=1S/C11H15NO4/c1-7(11(13)14)4-8-9(15-2)5-12-6-10(8)16-3/h5-7H,4H2,1-3H3,(H,13,14). The molecule has 5 heteroatoms. The fourth-order valence-electron chi connectivity index (χ4n) is 1.40. The molecule has 0 aromatic carbocycles. The molecule has 88 valence electrons. The Labute approximate surface area is 94.0 Å². The van der Waals surface area contributed by atoms with Crippen LogP contribution in [0.3, 0.4) is 0 Å². The Morgan fingerprint density at radius 1 is 1.38 bits per heavy atom. The second-order valence-corrected chi connectivity index (χ2v) is 3.47. The van der Waals surface area contributed by atoms with Gasteiger partial charge in [-0.05, 0) is 6.42 Å². The second kappa shape index (κ2) is 5.34. The molecule has 0 spiro atoms. The van der Waals surface area contributed by atoms with Gasteiger partial charge in [-0.25, -0.2) is 0 Å². The summed E-state index contributed by atoms with van der Waals surface area (Å²) >= 11 is 0. The number of carboxylic acids is 1. The monoisotopic (exact) mass is 225 g/mol. The molecule has 1 aromatic rings. The van der Waals surface area contributed by atoms with Gasteiger partial charge in [0.2, 0.25) is 0 Å². The van der Waals surface area contributed by atoms with Gasteiger partial charge >= 0.3 is 5.97 Å². The lowest BCUT2D eigenvalue weighted by molar-refractivity contribution is -0.141. The lowest BCUT2D eigenvalue weighted by atomic mass is 10.0. The summed E-state index contributed by atoms with van der Waals surface area (Å²) in [4.78, 5) is 14.7. The maximum absolute atomic E-state index is 10.8. The van der Waals surface area contributed by atoms with Crippen molar-refractivity contribution in [3.8, 4) is 11.5 Å². The first-order chi connectivity index (χ1) is 7.60. The molecule has 1 heterocycles. The summed E-state index contributed by atoms with van der Waals surface area (Å²) < 4.78 is 10.3. The van der Waals surface area contributed by atoms with Crippen LogP contribution in [-0.4, -0.2) is 30.3 Å². The van der Waals surface area contributed by atoms with Crippen LogP contribution in [0.1, 0.15) is 12.5 Å². The Morgan fingerprint density at radius 2 is 1.88 bits per heavy atom. The van der Waals surface area contributed by atoms with Gasteiger partial charge < -0.3 is 14.6 Å². The molecule has 0 fully saturated rings. The van der Waals surface area contributed by atoms with Gasteiger partial charge in [0.15, 0.2) is 0 Å². The van der Waals surface area contributed by atoms with E-state index in [2.05, 4.69) is 4.98 Å². The summed E-state index contributed by atoms with van der Waals surface area (Å²) in [6.07, 6.45) is 3.45. The molecule has 0 bridgehead atoms. The van der Waals surface area contributed by atoms with Crippen molar-refractivity contribution in [3.63, 3.8) is 0 Å². The number of ether oxygens (including phenoxy) is 2. The first kappa shape index (κ1) is 12.3. The van der Waals surface area contributed by atoms with E-state index in [4.69, 9.17) is 14.6 Å². The quantitative estimate of drug-likeness (QED) is 0.819. The largest absolute Gasteiger partial charge is 0.495 e. The maximum atomic E-state index is 10.8. The van der Waals surface area contributed by atoms with E-state index in [9.17, 15) is 4.79 Å². The molecule has 1 atom stereocenters. The van der Waals surface area contributed by atoms with E-state index in [-0.39, 0.29) is 0 Å². The van der Waals surface area contributed by atoms with Crippen LogP contribution in [0.2, 0.25) is 0 Å². The number of pyridine rings is 1. The number of rotatable bonds is 5. The molecule has 5 nitrogen and oxygen atoms in total. The molecular weight excluding hydrogens is 210 g/mol. The van der Waals surface area contributed by atoms with Crippen LogP contribution in [-0.2, 0) is 11.2 Å². The van der Waals surface area contributed by atoms with Crippen LogP contribution < -0.4 is 9.47 Å². The van der Waals surface area contributed by atoms with Crippen molar-refractivity contribution in [1.82, 2.24) is 4.98 Å². The molecule has 1 unspecified atom stereocenters. The molecule has 16 heavy (non-hydrogen) atoms. The molecule has 0 radical (unpaired) electrons. The number of aliphatic carboxylic acids is 1. The van der Waals surface area contributed by atoms with Crippen LogP contribution in [0.5, 0.6) is 11.5 Å². The molecule has 0 aliphatic rings.